The van der Waals surface area contributed by atoms with Crippen LogP contribution in [0.4, 0.5) is 5.82 Å². The maximum Gasteiger partial charge on any atom is 0.132 e. The van der Waals surface area contributed by atoms with Gasteiger partial charge in [-0.15, -0.1) is 0 Å². The number of rotatable bonds is 4. The van der Waals surface area contributed by atoms with Crippen LogP contribution in [0, 0.1) is 0 Å². The molecule has 1 N–H and O–H groups in total. The fourth-order valence-corrected chi connectivity index (χ4v) is 3.91. The monoisotopic (exact) mass is 288 g/mol. The van der Waals surface area contributed by atoms with Crippen LogP contribution in [0.5, 0.6) is 0 Å². The van der Waals surface area contributed by atoms with Crippen LogP contribution in [0.1, 0.15) is 56.2 Å². The smallest absolute Gasteiger partial charge is 0.132 e. The van der Waals surface area contributed by atoms with Crippen LogP contribution in [-0.4, -0.2) is 41.0 Å². The second-order valence-electron chi connectivity index (χ2n) is 6.89. The molecule has 0 radical (unpaired) electrons. The third-order valence-electron chi connectivity index (χ3n) is 5.44. The van der Waals surface area contributed by atoms with Crippen molar-refractivity contribution in [1.29, 1.82) is 0 Å². The molecular formula is C17H28N4. The van der Waals surface area contributed by atoms with Gasteiger partial charge in [-0.2, -0.15) is 0 Å². The van der Waals surface area contributed by atoms with Crippen molar-refractivity contribution < 1.29 is 0 Å². The number of hydrogen-bond acceptors (Lipinski definition) is 4. The van der Waals surface area contributed by atoms with Gasteiger partial charge in [-0.25, -0.2) is 9.97 Å². The molecule has 1 saturated carbocycles. The van der Waals surface area contributed by atoms with Crippen molar-refractivity contribution in [3.05, 3.63) is 17.6 Å². The van der Waals surface area contributed by atoms with E-state index in [1.54, 1.807) is 6.33 Å². The molecule has 1 heterocycles. The fourth-order valence-electron chi connectivity index (χ4n) is 3.91. The Kier molecular flexibility index (Phi) is 4.43. The Labute approximate surface area is 128 Å². The summed E-state index contributed by atoms with van der Waals surface area (Å²) in [4.78, 5) is 11.5. The lowest BCUT2D eigenvalue weighted by Gasteiger charge is -2.36. The number of nitrogens with one attached hydrogen (secondary N) is 1. The highest BCUT2D eigenvalue weighted by molar-refractivity contribution is 5.47. The normalized spacial score (nSPS) is 21.1. The van der Waals surface area contributed by atoms with E-state index in [1.165, 1.54) is 56.2 Å². The van der Waals surface area contributed by atoms with Crippen LogP contribution in [-0.2, 0) is 12.8 Å². The Bertz CT molecular complexity index is 478. The predicted octanol–water partition coefficient (Wildman–Crippen LogP) is 3.03. The molecule has 0 atom stereocenters. The second kappa shape index (κ2) is 6.30. The summed E-state index contributed by atoms with van der Waals surface area (Å²) in [7, 11) is 4.43. The number of hydrogen-bond donors (Lipinski definition) is 1. The summed E-state index contributed by atoms with van der Waals surface area (Å²) < 4.78 is 0. The highest BCUT2D eigenvalue weighted by atomic mass is 15.2. The fraction of sp³-hybridized carbons (Fsp3) is 0.765. The van der Waals surface area contributed by atoms with Crippen molar-refractivity contribution in [2.45, 2.75) is 63.3 Å². The summed E-state index contributed by atoms with van der Waals surface area (Å²) in [5.74, 6) is 1.09. The van der Waals surface area contributed by atoms with Crippen LogP contribution in [0.25, 0.3) is 0 Å². The standard InChI is InChI=1S/C17H28N4/c1-21(2)17(10-6-7-11-17)12-18-16-14-8-4-3-5-9-15(14)19-13-20-16/h13H,3-12H2,1-2H3,(H,18,19,20). The molecule has 0 unspecified atom stereocenters. The maximum absolute atomic E-state index is 4.54. The van der Waals surface area contributed by atoms with Gasteiger partial charge in [0.15, 0.2) is 0 Å². The lowest BCUT2D eigenvalue weighted by atomic mass is 9.96. The van der Waals surface area contributed by atoms with Crippen molar-refractivity contribution in [1.82, 2.24) is 14.9 Å². The van der Waals surface area contributed by atoms with Crippen molar-refractivity contribution in [3.63, 3.8) is 0 Å². The summed E-state index contributed by atoms with van der Waals surface area (Å²) in [6, 6.07) is 0. The molecule has 0 spiro atoms. The first-order valence-electron chi connectivity index (χ1n) is 8.45. The van der Waals surface area contributed by atoms with Gasteiger partial charge in [0.25, 0.3) is 0 Å². The van der Waals surface area contributed by atoms with Gasteiger partial charge in [-0.05, 0) is 52.6 Å². The van der Waals surface area contributed by atoms with E-state index in [2.05, 4.69) is 34.3 Å². The lowest BCUT2D eigenvalue weighted by molar-refractivity contribution is 0.172. The zero-order valence-corrected chi connectivity index (χ0v) is 13.5. The summed E-state index contributed by atoms with van der Waals surface area (Å²) in [5, 5.41) is 3.67. The average Bonchev–Trinajstić information content (AvgIpc) is 2.84. The molecule has 0 bridgehead atoms. The Morgan fingerprint density at radius 3 is 2.57 bits per heavy atom. The van der Waals surface area contributed by atoms with E-state index in [0.29, 0.717) is 5.54 Å². The summed E-state index contributed by atoms with van der Waals surface area (Å²) in [6.07, 6.45) is 13.1. The summed E-state index contributed by atoms with van der Waals surface area (Å²) in [6.45, 7) is 1.00. The Hall–Kier alpha value is -1.16. The SMILES string of the molecule is CN(C)C1(CNc2ncnc3c2CCCCC3)CCCC1. The zero-order valence-electron chi connectivity index (χ0n) is 13.5. The topological polar surface area (TPSA) is 41.0 Å². The van der Waals surface area contributed by atoms with Gasteiger partial charge in [-0.3, -0.25) is 0 Å². The Morgan fingerprint density at radius 1 is 1.05 bits per heavy atom. The molecule has 2 aliphatic carbocycles. The highest BCUT2D eigenvalue weighted by Crippen LogP contribution is 2.34. The molecule has 3 rings (SSSR count). The summed E-state index contributed by atoms with van der Waals surface area (Å²) in [5.41, 5.74) is 2.96. The number of likely N-dealkylation sites (N-methyl/N-ethyl adjacent to an activating group) is 1. The van der Waals surface area contributed by atoms with Gasteiger partial charge < -0.3 is 10.2 Å². The number of anilines is 1. The van der Waals surface area contributed by atoms with Gasteiger partial charge in [-0.1, -0.05) is 19.3 Å². The van der Waals surface area contributed by atoms with Crippen LogP contribution in [0.2, 0.25) is 0 Å². The van der Waals surface area contributed by atoms with Gasteiger partial charge in [0.05, 0.1) is 0 Å². The van der Waals surface area contributed by atoms with E-state index in [1.807, 2.05) is 0 Å². The van der Waals surface area contributed by atoms with Crippen molar-refractivity contribution >= 4 is 5.82 Å². The van der Waals surface area contributed by atoms with E-state index >= 15 is 0 Å². The molecule has 0 aliphatic heterocycles. The molecule has 0 amide bonds. The summed E-state index contributed by atoms with van der Waals surface area (Å²) >= 11 is 0. The zero-order chi connectivity index (χ0) is 14.7. The molecule has 21 heavy (non-hydrogen) atoms. The highest BCUT2D eigenvalue weighted by Gasteiger charge is 2.35. The maximum atomic E-state index is 4.54. The molecule has 0 saturated heterocycles. The molecule has 0 aromatic carbocycles. The molecule has 1 fully saturated rings. The average molecular weight is 288 g/mol. The van der Waals surface area contributed by atoms with Gasteiger partial charge in [0.1, 0.15) is 12.1 Å². The molecule has 4 nitrogen and oxygen atoms in total. The molecular weight excluding hydrogens is 260 g/mol. The number of fused-ring (bicyclic) bond motifs is 1. The Balaban J connectivity index is 1.76. The van der Waals surface area contributed by atoms with E-state index in [0.717, 1.165) is 25.2 Å². The van der Waals surface area contributed by atoms with E-state index in [-0.39, 0.29) is 0 Å². The second-order valence-corrected chi connectivity index (χ2v) is 6.89. The van der Waals surface area contributed by atoms with Crippen LogP contribution < -0.4 is 5.32 Å². The van der Waals surface area contributed by atoms with Crippen molar-refractivity contribution in [3.8, 4) is 0 Å². The third kappa shape index (κ3) is 3.05. The first-order valence-corrected chi connectivity index (χ1v) is 8.45. The van der Waals surface area contributed by atoms with Crippen molar-refractivity contribution in [2.24, 2.45) is 0 Å². The Morgan fingerprint density at radius 2 is 1.81 bits per heavy atom. The largest absolute Gasteiger partial charge is 0.368 e. The van der Waals surface area contributed by atoms with Gasteiger partial charge in [0.2, 0.25) is 0 Å². The molecule has 1 aromatic heterocycles. The number of aryl methyl sites for hydroxylation is 1. The minimum Gasteiger partial charge on any atom is -0.368 e. The van der Waals surface area contributed by atoms with Crippen LogP contribution in [0.15, 0.2) is 6.33 Å². The van der Waals surface area contributed by atoms with Gasteiger partial charge >= 0.3 is 0 Å². The van der Waals surface area contributed by atoms with Crippen LogP contribution >= 0.6 is 0 Å². The quantitative estimate of drug-likeness (QED) is 0.865. The predicted molar refractivity (Wildman–Crippen MR) is 86.7 cm³/mol. The molecule has 4 heteroatoms. The van der Waals surface area contributed by atoms with Gasteiger partial charge in [0, 0.05) is 23.3 Å². The minimum atomic E-state index is 0.308. The first-order chi connectivity index (χ1) is 10.2. The van der Waals surface area contributed by atoms with E-state index in [4.69, 9.17) is 0 Å². The lowest BCUT2D eigenvalue weighted by Crippen LogP contribution is -2.47. The number of nitrogens with zero attached hydrogens (tertiary/aromatic N) is 3. The number of aromatic nitrogens is 2. The van der Waals surface area contributed by atoms with E-state index in [9.17, 15) is 0 Å². The molecule has 1 aromatic rings. The minimum absolute atomic E-state index is 0.308. The molecule has 2 aliphatic rings. The molecule has 116 valence electrons. The van der Waals surface area contributed by atoms with Crippen molar-refractivity contribution in [2.75, 3.05) is 26.0 Å². The third-order valence-corrected chi connectivity index (χ3v) is 5.44. The first kappa shape index (κ1) is 14.8. The van der Waals surface area contributed by atoms with Crippen LogP contribution in [0.3, 0.4) is 0 Å². The van der Waals surface area contributed by atoms with E-state index < -0.39 is 0 Å².